The number of hydrogen-bond acceptors (Lipinski definition) is 3. The average Bonchev–Trinajstić information content (AvgIpc) is 2.80. The molecule has 1 aromatic rings. The van der Waals surface area contributed by atoms with Crippen LogP contribution in [0.15, 0.2) is 11.6 Å². The van der Waals surface area contributed by atoms with Crippen molar-refractivity contribution in [2.75, 3.05) is 0 Å². The number of aryl methyl sites for hydroxylation is 1. The monoisotopic (exact) mass is 182 g/mol. The third kappa shape index (κ3) is 2.05. The van der Waals surface area contributed by atoms with Crippen LogP contribution >= 0.6 is 11.3 Å². The van der Waals surface area contributed by atoms with Crippen LogP contribution in [0.4, 0.5) is 0 Å². The largest absolute Gasteiger partial charge is 0.327 e. The van der Waals surface area contributed by atoms with Crippen LogP contribution in [0.1, 0.15) is 24.3 Å². The van der Waals surface area contributed by atoms with Crippen molar-refractivity contribution in [3.8, 4) is 0 Å². The lowest BCUT2D eigenvalue weighted by molar-refractivity contribution is 0.549. The molecule has 0 amide bonds. The van der Waals surface area contributed by atoms with E-state index in [4.69, 9.17) is 5.73 Å². The van der Waals surface area contributed by atoms with E-state index < -0.39 is 0 Å². The quantitative estimate of drug-likeness (QED) is 0.771. The van der Waals surface area contributed by atoms with Crippen molar-refractivity contribution in [1.29, 1.82) is 0 Å². The fourth-order valence-electron chi connectivity index (χ4n) is 1.43. The summed E-state index contributed by atoms with van der Waals surface area (Å²) in [7, 11) is 0. The number of nitrogens with zero attached hydrogens (tertiary/aromatic N) is 1. The standard InChI is InChI=1S/C9H14N2S/c10-8(7-1-2-7)3-4-9-11-5-6-12-9/h5-8H,1-4,10H2. The van der Waals surface area contributed by atoms with Crippen molar-refractivity contribution in [2.45, 2.75) is 31.7 Å². The summed E-state index contributed by atoms with van der Waals surface area (Å²) in [5.74, 6) is 0.824. The summed E-state index contributed by atoms with van der Waals surface area (Å²) < 4.78 is 0. The van der Waals surface area contributed by atoms with Gasteiger partial charge in [-0.2, -0.15) is 0 Å². The molecule has 66 valence electrons. The van der Waals surface area contributed by atoms with Crippen LogP contribution < -0.4 is 5.73 Å². The van der Waals surface area contributed by atoms with Crippen molar-refractivity contribution < 1.29 is 0 Å². The third-order valence-corrected chi connectivity index (χ3v) is 3.24. The van der Waals surface area contributed by atoms with Crippen LogP contribution in [0.3, 0.4) is 0 Å². The topological polar surface area (TPSA) is 38.9 Å². The maximum atomic E-state index is 5.97. The Kier molecular flexibility index (Phi) is 2.42. The highest BCUT2D eigenvalue weighted by Crippen LogP contribution is 2.33. The zero-order valence-electron chi connectivity index (χ0n) is 7.07. The van der Waals surface area contributed by atoms with E-state index in [1.165, 1.54) is 17.8 Å². The van der Waals surface area contributed by atoms with Gasteiger partial charge in [0.25, 0.3) is 0 Å². The van der Waals surface area contributed by atoms with E-state index in [2.05, 4.69) is 4.98 Å². The van der Waals surface area contributed by atoms with Gasteiger partial charge in [-0.05, 0) is 25.2 Å². The molecule has 2 N–H and O–H groups in total. The van der Waals surface area contributed by atoms with Crippen LogP contribution in [-0.2, 0) is 6.42 Å². The van der Waals surface area contributed by atoms with E-state index in [1.807, 2.05) is 11.6 Å². The number of nitrogens with two attached hydrogens (primary N) is 1. The smallest absolute Gasteiger partial charge is 0.0925 e. The van der Waals surface area contributed by atoms with Gasteiger partial charge in [0.2, 0.25) is 0 Å². The third-order valence-electron chi connectivity index (χ3n) is 2.40. The predicted molar refractivity (Wildman–Crippen MR) is 51.1 cm³/mol. The van der Waals surface area contributed by atoms with E-state index in [0.29, 0.717) is 6.04 Å². The van der Waals surface area contributed by atoms with Crippen LogP contribution in [0.25, 0.3) is 0 Å². The number of hydrogen-bond donors (Lipinski definition) is 1. The lowest BCUT2D eigenvalue weighted by atomic mass is 10.1. The molecule has 2 nitrogen and oxygen atoms in total. The minimum absolute atomic E-state index is 0.425. The lowest BCUT2D eigenvalue weighted by Crippen LogP contribution is -2.22. The highest BCUT2D eigenvalue weighted by Gasteiger charge is 2.27. The summed E-state index contributed by atoms with van der Waals surface area (Å²) in [6, 6.07) is 0.425. The Balaban J connectivity index is 1.74. The molecule has 0 aromatic carbocycles. The van der Waals surface area contributed by atoms with Gasteiger partial charge in [-0.3, -0.25) is 0 Å². The normalized spacial score (nSPS) is 19.4. The second kappa shape index (κ2) is 3.54. The molecule has 1 aliphatic rings. The average molecular weight is 182 g/mol. The van der Waals surface area contributed by atoms with Gasteiger partial charge >= 0.3 is 0 Å². The Labute approximate surface area is 76.8 Å². The molecule has 0 bridgehead atoms. The summed E-state index contributed by atoms with van der Waals surface area (Å²) in [5, 5.41) is 3.25. The van der Waals surface area contributed by atoms with Gasteiger partial charge < -0.3 is 5.73 Å². The molecule has 1 unspecified atom stereocenters. The van der Waals surface area contributed by atoms with Gasteiger partial charge in [0.1, 0.15) is 0 Å². The summed E-state index contributed by atoms with van der Waals surface area (Å²) >= 11 is 1.73. The Bertz CT molecular complexity index is 229. The minimum Gasteiger partial charge on any atom is -0.327 e. The van der Waals surface area contributed by atoms with Gasteiger partial charge in [-0.25, -0.2) is 4.98 Å². The molecule has 1 fully saturated rings. The molecule has 1 saturated carbocycles. The second-order valence-corrected chi connectivity index (χ2v) is 4.44. The SMILES string of the molecule is NC(CCc1nccs1)C1CC1. The molecule has 2 rings (SSSR count). The Morgan fingerprint density at radius 3 is 3.08 bits per heavy atom. The molecule has 0 spiro atoms. The van der Waals surface area contributed by atoms with Crippen molar-refractivity contribution in [2.24, 2.45) is 11.7 Å². The maximum Gasteiger partial charge on any atom is 0.0925 e. The zero-order chi connectivity index (χ0) is 8.39. The minimum atomic E-state index is 0.425. The van der Waals surface area contributed by atoms with Crippen molar-refractivity contribution in [3.63, 3.8) is 0 Å². The second-order valence-electron chi connectivity index (χ2n) is 3.47. The first-order valence-electron chi connectivity index (χ1n) is 4.50. The van der Waals surface area contributed by atoms with Gasteiger partial charge in [0, 0.05) is 24.0 Å². The van der Waals surface area contributed by atoms with Gasteiger partial charge in [-0.1, -0.05) is 0 Å². The molecule has 1 aromatic heterocycles. The zero-order valence-corrected chi connectivity index (χ0v) is 7.89. The molecule has 1 heterocycles. The van der Waals surface area contributed by atoms with Crippen LogP contribution in [-0.4, -0.2) is 11.0 Å². The van der Waals surface area contributed by atoms with Gasteiger partial charge in [0.15, 0.2) is 0 Å². The van der Waals surface area contributed by atoms with Crippen LogP contribution in [0.2, 0.25) is 0 Å². The van der Waals surface area contributed by atoms with E-state index >= 15 is 0 Å². The summed E-state index contributed by atoms with van der Waals surface area (Å²) in [4.78, 5) is 4.23. The van der Waals surface area contributed by atoms with Gasteiger partial charge in [0.05, 0.1) is 5.01 Å². The van der Waals surface area contributed by atoms with E-state index in [0.717, 1.165) is 18.8 Å². The molecule has 1 aliphatic carbocycles. The number of aromatic nitrogens is 1. The maximum absolute atomic E-state index is 5.97. The Morgan fingerprint density at radius 1 is 1.67 bits per heavy atom. The highest BCUT2D eigenvalue weighted by molar-refractivity contribution is 7.09. The molecule has 0 radical (unpaired) electrons. The molecule has 3 heteroatoms. The number of thiazole rings is 1. The summed E-state index contributed by atoms with van der Waals surface area (Å²) in [6.45, 7) is 0. The molecule has 12 heavy (non-hydrogen) atoms. The van der Waals surface area contributed by atoms with Crippen LogP contribution in [0, 0.1) is 5.92 Å². The first-order valence-corrected chi connectivity index (χ1v) is 5.38. The molecular formula is C9H14N2S. The Morgan fingerprint density at radius 2 is 2.50 bits per heavy atom. The van der Waals surface area contributed by atoms with Crippen LogP contribution in [0.5, 0.6) is 0 Å². The first kappa shape index (κ1) is 8.20. The molecule has 0 aliphatic heterocycles. The molecule has 0 saturated heterocycles. The molecular weight excluding hydrogens is 168 g/mol. The first-order chi connectivity index (χ1) is 5.86. The number of rotatable bonds is 4. The van der Waals surface area contributed by atoms with E-state index in [-0.39, 0.29) is 0 Å². The van der Waals surface area contributed by atoms with Gasteiger partial charge in [-0.15, -0.1) is 11.3 Å². The summed E-state index contributed by atoms with van der Waals surface area (Å²) in [5.41, 5.74) is 5.97. The van der Waals surface area contributed by atoms with E-state index in [1.54, 1.807) is 11.3 Å². The Hall–Kier alpha value is -0.410. The van der Waals surface area contributed by atoms with E-state index in [9.17, 15) is 0 Å². The predicted octanol–water partition coefficient (Wildman–Crippen LogP) is 1.81. The molecule has 1 atom stereocenters. The fraction of sp³-hybridized carbons (Fsp3) is 0.667. The van der Waals surface area contributed by atoms with Crippen molar-refractivity contribution >= 4 is 11.3 Å². The fourth-order valence-corrected chi connectivity index (χ4v) is 2.06. The summed E-state index contributed by atoms with van der Waals surface area (Å²) in [6.07, 6.45) is 6.73. The van der Waals surface area contributed by atoms with Crippen molar-refractivity contribution in [3.05, 3.63) is 16.6 Å². The van der Waals surface area contributed by atoms with Crippen molar-refractivity contribution in [1.82, 2.24) is 4.98 Å². The highest BCUT2D eigenvalue weighted by atomic mass is 32.1. The lowest BCUT2D eigenvalue weighted by Gasteiger charge is -2.07.